The maximum absolute atomic E-state index is 12.9. The van der Waals surface area contributed by atoms with Crippen LogP contribution >= 0.6 is 0 Å². The SMILES string of the molecule is CCC(C)CCCCCCCCCCCCCCCCC(=O)OC[C@H](COC(=O)CCCCCCCCCCCCCCCCCCCCC(C)C)OC(=O)CCCCCCCCCCC(C)CC. The van der Waals surface area contributed by atoms with E-state index < -0.39 is 6.10 Å². The van der Waals surface area contributed by atoms with Crippen molar-refractivity contribution in [3.63, 3.8) is 0 Å². The predicted molar refractivity (Wildman–Crippen MR) is 298 cm³/mol. The van der Waals surface area contributed by atoms with Crippen molar-refractivity contribution in [3.8, 4) is 0 Å². The molecule has 0 aromatic rings. The van der Waals surface area contributed by atoms with E-state index in [1.807, 2.05) is 0 Å². The number of hydrogen-bond acceptors (Lipinski definition) is 6. The monoisotopic (exact) mass is 975 g/mol. The summed E-state index contributed by atoms with van der Waals surface area (Å²) >= 11 is 0. The highest BCUT2D eigenvalue weighted by atomic mass is 16.6. The molecule has 0 rings (SSSR count). The van der Waals surface area contributed by atoms with E-state index in [4.69, 9.17) is 14.2 Å². The molecule has 0 aliphatic rings. The van der Waals surface area contributed by atoms with Gasteiger partial charge in [0.25, 0.3) is 0 Å². The Hall–Kier alpha value is -1.59. The van der Waals surface area contributed by atoms with Gasteiger partial charge < -0.3 is 14.2 Å². The first-order chi connectivity index (χ1) is 33.7. The van der Waals surface area contributed by atoms with E-state index in [2.05, 4.69) is 41.5 Å². The Bertz CT molecular complexity index is 1070. The van der Waals surface area contributed by atoms with Crippen LogP contribution in [0.5, 0.6) is 0 Å². The fourth-order valence-electron chi connectivity index (χ4n) is 9.64. The van der Waals surface area contributed by atoms with Crippen LogP contribution in [0.1, 0.15) is 350 Å². The van der Waals surface area contributed by atoms with Crippen molar-refractivity contribution < 1.29 is 28.6 Å². The lowest BCUT2D eigenvalue weighted by atomic mass is 9.99. The lowest BCUT2D eigenvalue weighted by Crippen LogP contribution is -2.30. The molecule has 0 heterocycles. The molecular weight excluding hydrogens is 853 g/mol. The number of unbranched alkanes of at least 4 members (excludes halogenated alkanes) is 37. The number of rotatable bonds is 56. The van der Waals surface area contributed by atoms with Crippen molar-refractivity contribution in [2.75, 3.05) is 13.2 Å². The van der Waals surface area contributed by atoms with Gasteiger partial charge in [-0.2, -0.15) is 0 Å². The van der Waals surface area contributed by atoms with Crippen LogP contribution in [0.2, 0.25) is 0 Å². The Morgan fingerprint density at radius 2 is 0.507 bits per heavy atom. The molecule has 3 atom stereocenters. The van der Waals surface area contributed by atoms with Gasteiger partial charge in [0.1, 0.15) is 13.2 Å². The summed E-state index contributed by atoms with van der Waals surface area (Å²) in [7, 11) is 0. The lowest BCUT2D eigenvalue weighted by Gasteiger charge is -2.18. The van der Waals surface area contributed by atoms with Gasteiger partial charge in [-0.05, 0) is 37.0 Å². The van der Waals surface area contributed by atoms with Gasteiger partial charge in [0, 0.05) is 19.3 Å². The van der Waals surface area contributed by atoms with Crippen LogP contribution in [0.3, 0.4) is 0 Å². The fourth-order valence-corrected chi connectivity index (χ4v) is 9.64. The lowest BCUT2D eigenvalue weighted by molar-refractivity contribution is -0.167. The van der Waals surface area contributed by atoms with E-state index in [0.717, 1.165) is 75.5 Å². The summed E-state index contributed by atoms with van der Waals surface area (Å²) in [4.78, 5) is 38.2. The second-order valence-electron chi connectivity index (χ2n) is 22.7. The molecule has 0 bridgehead atoms. The number of carbonyl (C=O) groups is 3. The fraction of sp³-hybridized carbons (Fsp3) is 0.952. The summed E-state index contributed by atoms with van der Waals surface area (Å²) in [5.41, 5.74) is 0. The second kappa shape index (κ2) is 54.2. The van der Waals surface area contributed by atoms with Crippen LogP contribution in [0.4, 0.5) is 0 Å². The molecule has 6 heteroatoms. The minimum absolute atomic E-state index is 0.0634. The van der Waals surface area contributed by atoms with Gasteiger partial charge >= 0.3 is 17.9 Å². The molecule has 0 radical (unpaired) electrons. The smallest absolute Gasteiger partial charge is 0.306 e. The zero-order chi connectivity index (χ0) is 50.5. The first-order valence-electron chi connectivity index (χ1n) is 31.2. The molecule has 6 nitrogen and oxygen atoms in total. The summed E-state index contributed by atoms with van der Waals surface area (Å²) in [5, 5.41) is 0. The highest BCUT2D eigenvalue weighted by Gasteiger charge is 2.19. The Morgan fingerprint density at radius 1 is 0.290 bits per heavy atom. The Balaban J connectivity index is 4.23. The van der Waals surface area contributed by atoms with Gasteiger partial charge in [0.05, 0.1) is 0 Å². The average molecular weight is 976 g/mol. The molecule has 0 spiro atoms. The van der Waals surface area contributed by atoms with Gasteiger partial charge in [0.2, 0.25) is 0 Å². The molecule has 69 heavy (non-hydrogen) atoms. The maximum Gasteiger partial charge on any atom is 0.306 e. The first kappa shape index (κ1) is 67.4. The third-order valence-electron chi connectivity index (χ3n) is 15.1. The van der Waals surface area contributed by atoms with Gasteiger partial charge in [-0.1, -0.05) is 311 Å². The van der Waals surface area contributed by atoms with Crippen molar-refractivity contribution in [3.05, 3.63) is 0 Å². The number of esters is 3. The maximum atomic E-state index is 12.9. The zero-order valence-electron chi connectivity index (χ0n) is 47.6. The summed E-state index contributed by atoms with van der Waals surface area (Å²) in [6.07, 6.45) is 58.1. The first-order valence-corrected chi connectivity index (χ1v) is 31.2. The van der Waals surface area contributed by atoms with Gasteiger partial charge in [-0.15, -0.1) is 0 Å². The van der Waals surface area contributed by atoms with Gasteiger partial charge in [-0.25, -0.2) is 0 Å². The normalized spacial score (nSPS) is 12.9. The third kappa shape index (κ3) is 54.0. The Morgan fingerprint density at radius 3 is 0.754 bits per heavy atom. The molecule has 0 aromatic heterocycles. The minimum Gasteiger partial charge on any atom is -0.462 e. The number of hydrogen-bond donors (Lipinski definition) is 0. The number of carbonyl (C=O) groups excluding carboxylic acids is 3. The van der Waals surface area contributed by atoms with Gasteiger partial charge in [0.15, 0.2) is 6.10 Å². The van der Waals surface area contributed by atoms with E-state index in [1.165, 1.54) is 231 Å². The molecule has 0 saturated carbocycles. The zero-order valence-corrected chi connectivity index (χ0v) is 47.6. The molecule has 2 unspecified atom stereocenters. The molecule has 0 fully saturated rings. The summed E-state index contributed by atoms with van der Waals surface area (Å²) in [6.45, 7) is 13.8. The van der Waals surface area contributed by atoms with Crippen molar-refractivity contribution in [2.45, 2.75) is 356 Å². The summed E-state index contributed by atoms with van der Waals surface area (Å²) in [6, 6.07) is 0. The third-order valence-corrected chi connectivity index (χ3v) is 15.1. The highest BCUT2D eigenvalue weighted by molar-refractivity contribution is 5.71. The largest absolute Gasteiger partial charge is 0.462 e. The average Bonchev–Trinajstić information content (AvgIpc) is 3.34. The van der Waals surface area contributed by atoms with Crippen LogP contribution in [0, 0.1) is 17.8 Å². The molecule has 0 aliphatic carbocycles. The van der Waals surface area contributed by atoms with Crippen LogP contribution in [-0.4, -0.2) is 37.2 Å². The van der Waals surface area contributed by atoms with Crippen molar-refractivity contribution in [2.24, 2.45) is 17.8 Å². The second-order valence-corrected chi connectivity index (χ2v) is 22.7. The van der Waals surface area contributed by atoms with E-state index in [0.29, 0.717) is 19.3 Å². The van der Waals surface area contributed by atoms with E-state index in [-0.39, 0.29) is 31.1 Å². The minimum atomic E-state index is -0.764. The summed E-state index contributed by atoms with van der Waals surface area (Å²) < 4.78 is 16.9. The van der Waals surface area contributed by atoms with Crippen LogP contribution in [0.15, 0.2) is 0 Å². The highest BCUT2D eigenvalue weighted by Crippen LogP contribution is 2.20. The predicted octanol–water partition coefficient (Wildman–Crippen LogP) is 20.7. The Kier molecular flexibility index (Phi) is 52.9. The molecule has 410 valence electrons. The number of ether oxygens (including phenoxy) is 3. The molecule has 0 saturated heterocycles. The van der Waals surface area contributed by atoms with E-state index >= 15 is 0 Å². The molecule has 0 amide bonds. The molecule has 0 N–H and O–H groups in total. The van der Waals surface area contributed by atoms with Gasteiger partial charge in [-0.3, -0.25) is 14.4 Å². The van der Waals surface area contributed by atoms with Crippen LogP contribution < -0.4 is 0 Å². The standard InChI is InChI=1S/C63H122O6/c1-7-58(5)50-44-38-32-26-22-18-15-16-20-24-28-35-41-47-53-62(65)68-56-60(69-63(66)54-48-42-36-30-29-33-39-45-51-59(6)8-2)55-67-61(64)52-46-40-34-27-23-19-14-12-10-9-11-13-17-21-25-31-37-43-49-57(3)4/h57-60H,7-56H2,1-6H3/t58?,59?,60-/m0/s1. The van der Waals surface area contributed by atoms with Crippen molar-refractivity contribution >= 4 is 17.9 Å². The van der Waals surface area contributed by atoms with E-state index in [1.54, 1.807) is 0 Å². The van der Waals surface area contributed by atoms with Crippen LogP contribution in [0.25, 0.3) is 0 Å². The van der Waals surface area contributed by atoms with Crippen molar-refractivity contribution in [1.82, 2.24) is 0 Å². The quantitative estimate of drug-likeness (QED) is 0.0343. The molecule has 0 aromatic carbocycles. The molecular formula is C63H122O6. The summed E-state index contributed by atoms with van der Waals surface area (Å²) in [5.74, 6) is 1.76. The topological polar surface area (TPSA) is 78.9 Å². The molecule has 0 aliphatic heterocycles. The van der Waals surface area contributed by atoms with Crippen LogP contribution in [-0.2, 0) is 28.6 Å². The Labute approximate surface area is 431 Å². The van der Waals surface area contributed by atoms with Crippen molar-refractivity contribution in [1.29, 1.82) is 0 Å². The van der Waals surface area contributed by atoms with E-state index in [9.17, 15) is 14.4 Å².